The van der Waals surface area contributed by atoms with Gasteiger partial charge in [0.15, 0.2) is 0 Å². The van der Waals surface area contributed by atoms with Crippen LogP contribution < -0.4 is 0 Å². The van der Waals surface area contributed by atoms with Gasteiger partial charge in [-0.2, -0.15) is 0 Å². The highest BCUT2D eigenvalue weighted by molar-refractivity contribution is 6.30. The van der Waals surface area contributed by atoms with Crippen LogP contribution in [0.15, 0.2) is 71.9 Å². The second-order valence-electron chi connectivity index (χ2n) is 6.96. The lowest BCUT2D eigenvalue weighted by atomic mass is 9.84. The molecule has 2 nitrogen and oxygen atoms in total. The van der Waals surface area contributed by atoms with Crippen LogP contribution in [0.5, 0.6) is 0 Å². The molecule has 3 aromatic rings. The SMILES string of the molecule is Clc1ccc(-n2cccc2C=Nc2ccc(C3CCCCC3)cc2)cc1. The molecule has 4 rings (SSSR count). The van der Waals surface area contributed by atoms with Gasteiger partial charge in [0.05, 0.1) is 17.6 Å². The lowest BCUT2D eigenvalue weighted by molar-refractivity contribution is 0.443. The summed E-state index contributed by atoms with van der Waals surface area (Å²) in [6, 6.07) is 20.7. The number of hydrogen-bond acceptors (Lipinski definition) is 1. The molecule has 0 saturated heterocycles. The number of benzene rings is 2. The standard InChI is InChI=1S/C23H23ClN2/c24-20-10-14-22(15-11-20)26-16-4-7-23(26)17-25-21-12-8-19(9-13-21)18-5-2-1-3-6-18/h4,7-18H,1-3,5-6H2. The van der Waals surface area contributed by atoms with Crippen LogP contribution in [0.4, 0.5) is 5.69 Å². The number of nitrogens with zero attached hydrogens (tertiary/aromatic N) is 2. The van der Waals surface area contributed by atoms with Gasteiger partial charge in [0.2, 0.25) is 0 Å². The Balaban J connectivity index is 1.50. The molecule has 1 heterocycles. The van der Waals surface area contributed by atoms with E-state index in [-0.39, 0.29) is 0 Å². The van der Waals surface area contributed by atoms with Gasteiger partial charge in [-0.05, 0) is 72.9 Å². The number of aromatic nitrogens is 1. The molecule has 1 fully saturated rings. The molecule has 0 spiro atoms. The molecule has 0 aliphatic heterocycles. The van der Waals surface area contributed by atoms with Gasteiger partial charge in [-0.15, -0.1) is 0 Å². The Morgan fingerprint density at radius 3 is 2.35 bits per heavy atom. The average molecular weight is 363 g/mol. The Morgan fingerprint density at radius 1 is 0.885 bits per heavy atom. The summed E-state index contributed by atoms with van der Waals surface area (Å²) in [6.07, 6.45) is 10.8. The minimum atomic E-state index is 0.740. The summed E-state index contributed by atoms with van der Waals surface area (Å²) in [4.78, 5) is 4.67. The fraction of sp³-hybridized carbons (Fsp3) is 0.261. The van der Waals surface area contributed by atoms with Crippen molar-refractivity contribution in [2.24, 2.45) is 4.99 Å². The maximum absolute atomic E-state index is 5.99. The first-order valence-corrected chi connectivity index (χ1v) is 9.75. The van der Waals surface area contributed by atoms with Crippen molar-refractivity contribution in [1.29, 1.82) is 0 Å². The molecule has 0 N–H and O–H groups in total. The Kier molecular flexibility index (Phi) is 5.21. The molecule has 0 unspecified atom stereocenters. The van der Waals surface area contributed by atoms with E-state index >= 15 is 0 Å². The summed E-state index contributed by atoms with van der Waals surface area (Å²) >= 11 is 5.99. The van der Waals surface area contributed by atoms with Gasteiger partial charge < -0.3 is 4.57 Å². The number of halogens is 1. The molecular weight excluding hydrogens is 340 g/mol. The van der Waals surface area contributed by atoms with Crippen molar-refractivity contribution in [3.8, 4) is 5.69 Å². The van der Waals surface area contributed by atoms with Crippen molar-refractivity contribution in [1.82, 2.24) is 4.57 Å². The highest BCUT2D eigenvalue weighted by atomic mass is 35.5. The zero-order valence-electron chi connectivity index (χ0n) is 14.8. The van der Waals surface area contributed by atoms with Gasteiger partial charge in [-0.1, -0.05) is 43.0 Å². The van der Waals surface area contributed by atoms with Crippen LogP contribution >= 0.6 is 11.6 Å². The van der Waals surface area contributed by atoms with Crippen LogP contribution in [-0.4, -0.2) is 10.8 Å². The van der Waals surface area contributed by atoms with Crippen molar-refractivity contribution in [2.45, 2.75) is 38.0 Å². The van der Waals surface area contributed by atoms with E-state index < -0.39 is 0 Å². The number of rotatable bonds is 4. The van der Waals surface area contributed by atoms with E-state index in [1.807, 2.05) is 42.7 Å². The van der Waals surface area contributed by atoms with Gasteiger partial charge >= 0.3 is 0 Å². The van der Waals surface area contributed by atoms with E-state index in [2.05, 4.69) is 39.9 Å². The zero-order chi connectivity index (χ0) is 17.8. The van der Waals surface area contributed by atoms with Gasteiger partial charge in [0.25, 0.3) is 0 Å². The van der Waals surface area contributed by atoms with E-state index in [4.69, 9.17) is 11.6 Å². The summed E-state index contributed by atoms with van der Waals surface area (Å²) in [6.45, 7) is 0. The largest absolute Gasteiger partial charge is 0.316 e. The third-order valence-corrected chi connectivity index (χ3v) is 5.45. The Hall–Kier alpha value is -2.32. The molecule has 2 aromatic carbocycles. The van der Waals surface area contributed by atoms with Crippen molar-refractivity contribution in [3.05, 3.63) is 83.1 Å². The first kappa shape index (κ1) is 17.1. The topological polar surface area (TPSA) is 17.3 Å². The first-order chi connectivity index (χ1) is 12.8. The molecule has 0 bridgehead atoms. The molecule has 26 heavy (non-hydrogen) atoms. The Labute approximate surface area is 160 Å². The van der Waals surface area contributed by atoms with Crippen molar-refractivity contribution in [3.63, 3.8) is 0 Å². The van der Waals surface area contributed by atoms with Crippen LogP contribution in [-0.2, 0) is 0 Å². The molecule has 1 aromatic heterocycles. The van der Waals surface area contributed by atoms with Gasteiger partial charge in [0.1, 0.15) is 0 Å². The molecule has 0 radical (unpaired) electrons. The lowest BCUT2D eigenvalue weighted by Crippen LogP contribution is -2.03. The number of aliphatic imine (C=N–C) groups is 1. The molecule has 3 heteroatoms. The fourth-order valence-electron chi connectivity index (χ4n) is 3.75. The minimum Gasteiger partial charge on any atom is -0.316 e. The Bertz CT molecular complexity index is 869. The quantitative estimate of drug-likeness (QED) is 0.448. The van der Waals surface area contributed by atoms with Crippen molar-refractivity contribution in [2.75, 3.05) is 0 Å². The predicted octanol–water partition coefficient (Wildman–Crippen LogP) is 6.93. The summed E-state index contributed by atoms with van der Waals surface area (Å²) in [7, 11) is 0. The summed E-state index contributed by atoms with van der Waals surface area (Å²) in [5, 5.41) is 0.745. The molecule has 1 aliphatic carbocycles. The second-order valence-corrected chi connectivity index (χ2v) is 7.40. The molecule has 132 valence electrons. The van der Waals surface area contributed by atoms with Crippen LogP contribution in [0, 0.1) is 0 Å². The molecule has 0 amide bonds. The summed E-state index contributed by atoms with van der Waals surface area (Å²) in [5.41, 5.74) is 4.58. The highest BCUT2D eigenvalue weighted by Crippen LogP contribution is 2.33. The third kappa shape index (κ3) is 3.91. The van der Waals surface area contributed by atoms with E-state index in [0.29, 0.717) is 0 Å². The van der Waals surface area contributed by atoms with Gasteiger partial charge in [0, 0.05) is 16.9 Å². The third-order valence-electron chi connectivity index (χ3n) is 5.20. The first-order valence-electron chi connectivity index (χ1n) is 9.37. The van der Waals surface area contributed by atoms with E-state index in [1.165, 1.54) is 37.7 Å². The number of hydrogen-bond donors (Lipinski definition) is 0. The highest BCUT2D eigenvalue weighted by Gasteiger charge is 2.14. The molecule has 0 atom stereocenters. The average Bonchev–Trinajstić information content (AvgIpc) is 3.17. The summed E-state index contributed by atoms with van der Waals surface area (Å²) < 4.78 is 2.11. The monoisotopic (exact) mass is 362 g/mol. The van der Waals surface area contributed by atoms with E-state index in [1.54, 1.807) is 0 Å². The maximum Gasteiger partial charge on any atom is 0.0639 e. The molecular formula is C23H23ClN2. The van der Waals surface area contributed by atoms with E-state index in [9.17, 15) is 0 Å². The van der Waals surface area contributed by atoms with E-state index in [0.717, 1.165) is 28.0 Å². The van der Waals surface area contributed by atoms with Crippen molar-refractivity contribution >= 4 is 23.5 Å². The van der Waals surface area contributed by atoms with Gasteiger partial charge in [-0.25, -0.2) is 0 Å². The fourth-order valence-corrected chi connectivity index (χ4v) is 3.87. The normalized spacial score (nSPS) is 15.6. The molecule has 1 saturated carbocycles. The molecule has 1 aliphatic rings. The van der Waals surface area contributed by atoms with Crippen LogP contribution in [0.1, 0.15) is 49.3 Å². The van der Waals surface area contributed by atoms with Crippen LogP contribution in [0.3, 0.4) is 0 Å². The summed E-state index contributed by atoms with van der Waals surface area (Å²) in [5.74, 6) is 0.740. The zero-order valence-corrected chi connectivity index (χ0v) is 15.6. The lowest BCUT2D eigenvalue weighted by Gasteiger charge is -2.21. The minimum absolute atomic E-state index is 0.740. The Morgan fingerprint density at radius 2 is 1.62 bits per heavy atom. The second kappa shape index (κ2) is 7.92. The predicted molar refractivity (Wildman–Crippen MR) is 110 cm³/mol. The smallest absolute Gasteiger partial charge is 0.0639 e. The maximum atomic E-state index is 5.99. The van der Waals surface area contributed by atoms with Crippen molar-refractivity contribution < 1.29 is 0 Å². The van der Waals surface area contributed by atoms with Crippen LogP contribution in [0.2, 0.25) is 5.02 Å². The van der Waals surface area contributed by atoms with Gasteiger partial charge in [-0.3, -0.25) is 4.99 Å². The van der Waals surface area contributed by atoms with Crippen LogP contribution in [0.25, 0.3) is 5.69 Å².